The van der Waals surface area contributed by atoms with Crippen molar-refractivity contribution in [2.75, 3.05) is 20.2 Å². The Kier molecular flexibility index (Phi) is 5.74. The third kappa shape index (κ3) is 4.42. The van der Waals surface area contributed by atoms with E-state index >= 15 is 0 Å². The lowest BCUT2D eigenvalue weighted by Crippen LogP contribution is -2.28. The molecule has 1 saturated heterocycles. The van der Waals surface area contributed by atoms with Crippen LogP contribution in [-0.2, 0) is 25.5 Å². The van der Waals surface area contributed by atoms with Gasteiger partial charge in [-0.2, -0.15) is 0 Å². The summed E-state index contributed by atoms with van der Waals surface area (Å²) < 4.78 is 33.2. The average Bonchev–Trinajstić information content (AvgIpc) is 3.51. The quantitative estimate of drug-likeness (QED) is 0.584. The van der Waals surface area contributed by atoms with Crippen molar-refractivity contribution < 1.29 is 38.0 Å². The van der Waals surface area contributed by atoms with E-state index in [9.17, 15) is 9.59 Å². The molecule has 33 heavy (non-hydrogen) atoms. The number of hydrogen-bond acceptors (Lipinski definition) is 8. The second-order valence-corrected chi connectivity index (χ2v) is 8.91. The van der Waals surface area contributed by atoms with Crippen molar-refractivity contribution in [3.05, 3.63) is 47.5 Å². The van der Waals surface area contributed by atoms with Gasteiger partial charge in [0.25, 0.3) is 0 Å². The van der Waals surface area contributed by atoms with E-state index in [1.807, 2.05) is 44.2 Å². The van der Waals surface area contributed by atoms with E-state index in [1.165, 1.54) is 0 Å². The first-order valence-electron chi connectivity index (χ1n) is 11.1. The molecular formula is C25H26O8. The van der Waals surface area contributed by atoms with Crippen LogP contribution in [0.25, 0.3) is 0 Å². The fourth-order valence-corrected chi connectivity index (χ4v) is 4.45. The number of ether oxygens (including phenoxy) is 6. The standard InChI is InChI=1S/C25H26O8/c1-14(2)7-23(26)33-24(16-4-6-20-22(10-16)32-13-30-20)18-11-28-25(27)17(18)8-15-3-5-19-21(9-15)31-12-29-19/h3-6,9-10,14,17-18,24H,7-8,11-13H2,1-2H3/t17-,18+,24+/m1/s1. The summed E-state index contributed by atoms with van der Waals surface area (Å²) in [6.45, 7) is 4.42. The third-order valence-electron chi connectivity index (χ3n) is 6.08. The summed E-state index contributed by atoms with van der Waals surface area (Å²) in [4.78, 5) is 25.4. The Balaban J connectivity index is 1.43. The van der Waals surface area contributed by atoms with Crippen molar-refractivity contribution in [1.29, 1.82) is 0 Å². The summed E-state index contributed by atoms with van der Waals surface area (Å²) in [5.74, 6) is 1.29. The van der Waals surface area contributed by atoms with Crippen LogP contribution in [0.3, 0.4) is 0 Å². The number of carbonyl (C=O) groups excluding carboxylic acids is 2. The van der Waals surface area contributed by atoms with E-state index in [0.717, 1.165) is 11.1 Å². The highest BCUT2D eigenvalue weighted by atomic mass is 16.7. The van der Waals surface area contributed by atoms with E-state index in [0.29, 0.717) is 29.4 Å². The van der Waals surface area contributed by atoms with Crippen LogP contribution in [0.4, 0.5) is 0 Å². The Hall–Kier alpha value is -3.42. The first kappa shape index (κ1) is 21.4. The normalized spacial score (nSPS) is 21.2. The largest absolute Gasteiger partial charge is 0.465 e. The maximum absolute atomic E-state index is 12.7. The van der Waals surface area contributed by atoms with Gasteiger partial charge in [-0.05, 0) is 47.7 Å². The van der Waals surface area contributed by atoms with Crippen molar-refractivity contribution in [1.82, 2.24) is 0 Å². The second-order valence-electron chi connectivity index (χ2n) is 8.91. The molecule has 8 nitrogen and oxygen atoms in total. The minimum Gasteiger partial charge on any atom is -0.465 e. The molecule has 3 heterocycles. The van der Waals surface area contributed by atoms with E-state index < -0.39 is 12.0 Å². The van der Waals surface area contributed by atoms with Gasteiger partial charge in [0.05, 0.1) is 12.5 Å². The van der Waals surface area contributed by atoms with Gasteiger partial charge in [0.2, 0.25) is 13.6 Å². The SMILES string of the molecule is CC(C)CC(=O)O[C@@H](c1ccc2c(c1)OCO2)[C@H]1COC(=O)[C@@H]1Cc1ccc2c(c1)OCO2. The molecular weight excluding hydrogens is 428 g/mol. The van der Waals surface area contributed by atoms with Crippen LogP contribution in [0.2, 0.25) is 0 Å². The molecule has 1 fully saturated rings. The molecule has 0 N–H and O–H groups in total. The average molecular weight is 454 g/mol. The number of benzene rings is 2. The molecule has 0 aliphatic carbocycles. The number of esters is 2. The summed E-state index contributed by atoms with van der Waals surface area (Å²) in [5.41, 5.74) is 1.67. The predicted molar refractivity (Wildman–Crippen MR) is 115 cm³/mol. The smallest absolute Gasteiger partial charge is 0.309 e. The summed E-state index contributed by atoms with van der Waals surface area (Å²) in [6.07, 6.45) is 0.0643. The third-order valence-corrected chi connectivity index (χ3v) is 6.08. The minimum absolute atomic E-state index is 0.147. The topological polar surface area (TPSA) is 89.5 Å². The number of fused-ring (bicyclic) bond motifs is 2. The number of carbonyl (C=O) groups is 2. The Labute approximate surface area is 191 Å². The fourth-order valence-electron chi connectivity index (χ4n) is 4.45. The number of rotatable bonds is 7. The highest BCUT2D eigenvalue weighted by molar-refractivity contribution is 5.76. The second kappa shape index (κ2) is 8.84. The van der Waals surface area contributed by atoms with Crippen molar-refractivity contribution in [2.24, 2.45) is 17.8 Å². The van der Waals surface area contributed by atoms with Gasteiger partial charge >= 0.3 is 11.9 Å². The van der Waals surface area contributed by atoms with Gasteiger partial charge in [-0.15, -0.1) is 0 Å². The molecule has 8 heteroatoms. The van der Waals surface area contributed by atoms with Crippen molar-refractivity contribution >= 4 is 11.9 Å². The van der Waals surface area contributed by atoms with Crippen LogP contribution in [0, 0.1) is 17.8 Å². The van der Waals surface area contributed by atoms with Gasteiger partial charge in [0.15, 0.2) is 23.0 Å². The summed E-state index contributed by atoms with van der Waals surface area (Å²) in [6, 6.07) is 11.1. The summed E-state index contributed by atoms with van der Waals surface area (Å²) in [7, 11) is 0. The highest BCUT2D eigenvalue weighted by Crippen LogP contribution is 2.43. The van der Waals surface area contributed by atoms with Crippen LogP contribution in [-0.4, -0.2) is 32.1 Å². The van der Waals surface area contributed by atoms with Gasteiger partial charge in [-0.3, -0.25) is 9.59 Å². The van der Waals surface area contributed by atoms with Gasteiger partial charge in [-0.1, -0.05) is 26.0 Å². The molecule has 3 aliphatic rings. The lowest BCUT2D eigenvalue weighted by Gasteiger charge is -2.27. The molecule has 0 unspecified atom stereocenters. The summed E-state index contributed by atoms with van der Waals surface area (Å²) >= 11 is 0. The molecule has 3 atom stereocenters. The molecule has 3 aliphatic heterocycles. The Morgan fingerprint density at radius 2 is 1.61 bits per heavy atom. The van der Waals surface area contributed by atoms with E-state index in [-0.39, 0.29) is 50.4 Å². The number of cyclic esters (lactones) is 1. The monoisotopic (exact) mass is 454 g/mol. The lowest BCUT2D eigenvalue weighted by atomic mass is 9.82. The zero-order chi connectivity index (χ0) is 22.9. The van der Waals surface area contributed by atoms with Crippen LogP contribution in [0.1, 0.15) is 37.5 Å². The lowest BCUT2D eigenvalue weighted by molar-refractivity contribution is -0.154. The van der Waals surface area contributed by atoms with Gasteiger partial charge in [0.1, 0.15) is 6.10 Å². The Bertz CT molecular complexity index is 1060. The van der Waals surface area contributed by atoms with Gasteiger partial charge in [-0.25, -0.2) is 0 Å². The Morgan fingerprint density at radius 3 is 2.33 bits per heavy atom. The molecule has 0 saturated carbocycles. The van der Waals surface area contributed by atoms with Crippen LogP contribution < -0.4 is 18.9 Å². The minimum atomic E-state index is -0.656. The molecule has 5 rings (SSSR count). The van der Waals surface area contributed by atoms with Crippen molar-refractivity contribution in [3.8, 4) is 23.0 Å². The first-order valence-corrected chi connectivity index (χ1v) is 11.1. The van der Waals surface area contributed by atoms with Crippen LogP contribution in [0.15, 0.2) is 36.4 Å². The molecule has 2 aromatic rings. The predicted octanol–water partition coefficient (Wildman–Crippen LogP) is 3.81. The van der Waals surface area contributed by atoms with Gasteiger partial charge < -0.3 is 28.4 Å². The van der Waals surface area contributed by atoms with Crippen molar-refractivity contribution in [2.45, 2.75) is 32.8 Å². The van der Waals surface area contributed by atoms with Crippen LogP contribution in [0.5, 0.6) is 23.0 Å². The maximum Gasteiger partial charge on any atom is 0.309 e. The zero-order valence-corrected chi connectivity index (χ0v) is 18.6. The zero-order valence-electron chi connectivity index (χ0n) is 18.6. The van der Waals surface area contributed by atoms with E-state index in [2.05, 4.69) is 0 Å². The molecule has 0 aromatic heterocycles. The maximum atomic E-state index is 12.7. The van der Waals surface area contributed by atoms with Gasteiger partial charge in [0, 0.05) is 12.3 Å². The highest BCUT2D eigenvalue weighted by Gasteiger charge is 2.44. The van der Waals surface area contributed by atoms with E-state index in [4.69, 9.17) is 28.4 Å². The number of hydrogen-bond donors (Lipinski definition) is 0. The van der Waals surface area contributed by atoms with E-state index in [1.54, 1.807) is 6.07 Å². The Morgan fingerprint density at radius 1 is 0.939 bits per heavy atom. The summed E-state index contributed by atoms with van der Waals surface area (Å²) in [5, 5.41) is 0. The molecule has 0 bridgehead atoms. The molecule has 2 aromatic carbocycles. The van der Waals surface area contributed by atoms with Crippen molar-refractivity contribution in [3.63, 3.8) is 0 Å². The molecule has 0 spiro atoms. The molecule has 0 amide bonds. The molecule has 174 valence electrons. The van der Waals surface area contributed by atoms with Crippen LogP contribution >= 0.6 is 0 Å². The molecule has 0 radical (unpaired) electrons. The fraction of sp³-hybridized carbons (Fsp3) is 0.440. The first-order chi connectivity index (χ1) is 16.0.